The molecule has 0 saturated carbocycles. The molecule has 0 spiro atoms. The Hall–Kier alpha value is -2.35. The largest absolute Gasteiger partial charge is 0.336 e. The Morgan fingerprint density at radius 1 is 0.963 bits per heavy atom. The lowest BCUT2D eigenvalue weighted by atomic mass is 10.1. The van der Waals surface area contributed by atoms with Crippen LogP contribution in [0.1, 0.15) is 12.7 Å². The van der Waals surface area contributed by atoms with E-state index >= 15 is 0 Å². The molecule has 0 aliphatic heterocycles. The highest BCUT2D eigenvalue weighted by Gasteiger charge is 2.16. The second kappa shape index (κ2) is 7.34. The number of halogens is 2. The van der Waals surface area contributed by atoms with Crippen molar-refractivity contribution in [3.63, 3.8) is 0 Å². The lowest BCUT2D eigenvalue weighted by Gasteiger charge is -2.09. The standard InChI is InChI=1S/C18H14Cl2N6S/c1-2-15-22-25-18(26(15)21)27-17-12-6-4-3-5-11(12)16(23-24-17)10-7-8-13(19)14(20)9-10/h3-9H,2,21H2,1H3. The van der Waals surface area contributed by atoms with Gasteiger partial charge in [0.1, 0.15) is 10.7 Å². The number of nitrogens with zero attached hydrogens (tertiary/aromatic N) is 5. The summed E-state index contributed by atoms with van der Waals surface area (Å²) >= 11 is 13.5. The van der Waals surface area contributed by atoms with Gasteiger partial charge in [-0.2, -0.15) is 0 Å². The van der Waals surface area contributed by atoms with Crippen molar-refractivity contribution in [1.82, 2.24) is 25.1 Å². The van der Waals surface area contributed by atoms with Crippen molar-refractivity contribution < 1.29 is 0 Å². The molecule has 4 rings (SSSR count). The molecule has 0 saturated heterocycles. The Kier molecular flexibility index (Phi) is 4.90. The number of fused-ring (bicyclic) bond motifs is 1. The minimum Gasteiger partial charge on any atom is -0.336 e. The number of hydrogen-bond donors (Lipinski definition) is 1. The summed E-state index contributed by atoms with van der Waals surface area (Å²) in [6, 6.07) is 13.3. The van der Waals surface area contributed by atoms with Crippen molar-refractivity contribution >= 4 is 45.7 Å². The molecule has 2 aromatic heterocycles. The molecule has 0 bridgehead atoms. The van der Waals surface area contributed by atoms with Crippen LogP contribution in [0, 0.1) is 0 Å². The molecule has 2 aromatic carbocycles. The first kappa shape index (κ1) is 18.0. The van der Waals surface area contributed by atoms with Crippen LogP contribution in [0.4, 0.5) is 0 Å². The number of nitrogen functional groups attached to an aromatic ring is 1. The molecule has 0 aliphatic carbocycles. The van der Waals surface area contributed by atoms with Gasteiger partial charge in [-0.3, -0.25) is 0 Å². The Labute approximate surface area is 169 Å². The molecule has 136 valence electrons. The van der Waals surface area contributed by atoms with Crippen molar-refractivity contribution in [2.24, 2.45) is 0 Å². The third-order valence-electron chi connectivity index (χ3n) is 4.09. The first-order valence-corrected chi connectivity index (χ1v) is 9.73. The molecule has 27 heavy (non-hydrogen) atoms. The maximum Gasteiger partial charge on any atom is 0.216 e. The Morgan fingerprint density at radius 2 is 1.74 bits per heavy atom. The summed E-state index contributed by atoms with van der Waals surface area (Å²) in [5.41, 5.74) is 1.58. The van der Waals surface area contributed by atoms with Gasteiger partial charge in [-0.05, 0) is 23.9 Å². The zero-order chi connectivity index (χ0) is 19.0. The fourth-order valence-corrected chi connectivity index (χ4v) is 3.84. The second-order valence-corrected chi connectivity index (χ2v) is 7.52. The molecule has 4 aromatic rings. The van der Waals surface area contributed by atoms with Gasteiger partial charge in [-0.25, -0.2) is 4.68 Å². The highest BCUT2D eigenvalue weighted by molar-refractivity contribution is 7.99. The lowest BCUT2D eigenvalue weighted by molar-refractivity contribution is 0.794. The molecule has 0 atom stereocenters. The number of benzene rings is 2. The van der Waals surface area contributed by atoms with Crippen molar-refractivity contribution in [3.8, 4) is 11.3 Å². The molecule has 0 fully saturated rings. The summed E-state index contributed by atoms with van der Waals surface area (Å²) in [4.78, 5) is 0. The van der Waals surface area contributed by atoms with Crippen molar-refractivity contribution in [2.45, 2.75) is 23.5 Å². The Morgan fingerprint density at radius 3 is 2.44 bits per heavy atom. The Balaban J connectivity index is 1.82. The third-order valence-corrected chi connectivity index (χ3v) is 5.78. The first-order valence-electron chi connectivity index (χ1n) is 8.16. The number of aryl methyl sites for hydroxylation is 1. The first-order chi connectivity index (χ1) is 13.1. The molecular weight excluding hydrogens is 403 g/mol. The minimum absolute atomic E-state index is 0.474. The second-order valence-electron chi connectivity index (χ2n) is 5.75. The predicted molar refractivity (Wildman–Crippen MR) is 109 cm³/mol. The molecule has 0 aliphatic rings. The van der Waals surface area contributed by atoms with Crippen LogP contribution >= 0.6 is 35.0 Å². The monoisotopic (exact) mass is 416 g/mol. The highest BCUT2D eigenvalue weighted by atomic mass is 35.5. The van der Waals surface area contributed by atoms with Gasteiger partial charge in [0.25, 0.3) is 0 Å². The third kappa shape index (κ3) is 3.34. The zero-order valence-electron chi connectivity index (χ0n) is 14.2. The summed E-state index contributed by atoms with van der Waals surface area (Å²) in [6.45, 7) is 1.98. The van der Waals surface area contributed by atoms with Gasteiger partial charge < -0.3 is 5.84 Å². The van der Waals surface area contributed by atoms with E-state index in [2.05, 4.69) is 20.4 Å². The van der Waals surface area contributed by atoms with E-state index in [1.54, 1.807) is 12.1 Å². The molecule has 6 nitrogen and oxygen atoms in total. The zero-order valence-corrected chi connectivity index (χ0v) is 16.6. The van der Waals surface area contributed by atoms with Crippen molar-refractivity contribution in [3.05, 3.63) is 58.3 Å². The average Bonchev–Trinajstić information content (AvgIpc) is 3.04. The smallest absolute Gasteiger partial charge is 0.216 e. The number of nitrogens with two attached hydrogens (primary N) is 1. The molecule has 9 heteroatoms. The van der Waals surface area contributed by atoms with E-state index in [4.69, 9.17) is 29.0 Å². The summed E-state index contributed by atoms with van der Waals surface area (Å²) in [6.07, 6.45) is 0.701. The highest BCUT2D eigenvalue weighted by Crippen LogP contribution is 2.35. The van der Waals surface area contributed by atoms with E-state index in [1.165, 1.54) is 16.4 Å². The van der Waals surface area contributed by atoms with Crippen LogP contribution in [0.15, 0.2) is 52.6 Å². The molecule has 0 amide bonds. The molecule has 2 heterocycles. The van der Waals surface area contributed by atoms with Crippen LogP contribution in [-0.4, -0.2) is 25.1 Å². The van der Waals surface area contributed by atoms with Gasteiger partial charge in [0.2, 0.25) is 5.16 Å². The van der Waals surface area contributed by atoms with Crippen LogP contribution in [0.2, 0.25) is 10.0 Å². The van der Waals surface area contributed by atoms with Gasteiger partial charge in [0.15, 0.2) is 5.82 Å². The van der Waals surface area contributed by atoms with Gasteiger partial charge in [0, 0.05) is 22.8 Å². The van der Waals surface area contributed by atoms with E-state index in [0.29, 0.717) is 32.5 Å². The summed E-state index contributed by atoms with van der Waals surface area (Å²) in [7, 11) is 0. The van der Waals surface area contributed by atoms with E-state index in [9.17, 15) is 0 Å². The van der Waals surface area contributed by atoms with Crippen LogP contribution < -0.4 is 5.84 Å². The molecule has 0 radical (unpaired) electrons. The van der Waals surface area contributed by atoms with Crippen LogP contribution in [0.3, 0.4) is 0 Å². The lowest BCUT2D eigenvalue weighted by Crippen LogP contribution is -2.13. The van der Waals surface area contributed by atoms with Crippen LogP contribution in [-0.2, 0) is 6.42 Å². The van der Waals surface area contributed by atoms with E-state index < -0.39 is 0 Å². The summed E-state index contributed by atoms with van der Waals surface area (Å²) in [5.74, 6) is 6.76. The normalized spacial score (nSPS) is 11.2. The van der Waals surface area contributed by atoms with Gasteiger partial charge >= 0.3 is 0 Å². The van der Waals surface area contributed by atoms with Crippen LogP contribution in [0.25, 0.3) is 22.0 Å². The van der Waals surface area contributed by atoms with Crippen LogP contribution in [0.5, 0.6) is 0 Å². The van der Waals surface area contributed by atoms with Crippen molar-refractivity contribution in [1.29, 1.82) is 0 Å². The summed E-state index contributed by atoms with van der Waals surface area (Å²) < 4.78 is 1.48. The molecule has 2 N–H and O–H groups in total. The fourth-order valence-electron chi connectivity index (χ4n) is 2.72. The predicted octanol–water partition coefficient (Wildman–Crippen LogP) is 4.62. The number of aromatic nitrogens is 5. The maximum absolute atomic E-state index is 6.17. The van der Waals surface area contributed by atoms with Gasteiger partial charge in [0.05, 0.1) is 10.0 Å². The quantitative estimate of drug-likeness (QED) is 0.488. The van der Waals surface area contributed by atoms with E-state index in [0.717, 1.165) is 22.0 Å². The van der Waals surface area contributed by atoms with Gasteiger partial charge in [-0.15, -0.1) is 20.4 Å². The topological polar surface area (TPSA) is 82.5 Å². The maximum atomic E-state index is 6.17. The van der Waals surface area contributed by atoms with E-state index in [-0.39, 0.29) is 0 Å². The minimum atomic E-state index is 0.474. The SMILES string of the molecule is CCc1nnc(Sc2nnc(-c3ccc(Cl)c(Cl)c3)c3ccccc23)n1N. The van der Waals surface area contributed by atoms with Crippen molar-refractivity contribution in [2.75, 3.05) is 5.84 Å². The molecular formula is C18H14Cl2N6S. The molecule has 0 unspecified atom stereocenters. The fraction of sp³-hybridized carbons (Fsp3) is 0.111. The number of rotatable bonds is 4. The average molecular weight is 417 g/mol. The van der Waals surface area contributed by atoms with E-state index in [1.807, 2.05) is 37.3 Å². The summed E-state index contributed by atoms with van der Waals surface area (Å²) in [5, 5.41) is 21.2. The number of hydrogen-bond acceptors (Lipinski definition) is 6. The van der Waals surface area contributed by atoms with Gasteiger partial charge in [-0.1, -0.05) is 60.5 Å². The Bertz CT molecular complexity index is 1140.